The summed E-state index contributed by atoms with van der Waals surface area (Å²) >= 11 is 5.17. The van der Waals surface area contributed by atoms with E-state index in [9.17, 15) is 4.79 Å². The van der Waals surface area contributed by atoms with Crippen molar-refractivity contribution in [3.05, 3.63) is 11.4 Å². The number of rotatable bonds is 1. The fourth-order valence-corrected chi connectivity index (χ4v) is 0.761. The van der Waals surface area contributed by atoms with E-state index < -0.39 is 5.24 Å². The largest absolute Gasteiger partial charge is 0.274 e. The molecule has 0 saturated carbocycles. The average Bonchev–Trinajstić information content (AvgIpc) is 2.14. The number of halogens is 1. The first-order valence-corrected chi connectivity index (χ1v) is 3.07. The van der Waals surface area contributed by atoms with Crippen LogP contribution in [0.2, 0.25) is 0 Å². The lowest BCUT2D eigenvalue weighted by Crippen LogP contribution is -1.95. The van der Waals surface area contributed by atoms with E-state index in [1.54, 1.807) is 14.0 Å². The van der Waals surface area contributed by atoms with Gasteiger partial charge in [-0.3, -0.25) is 9.48 Å². The summed E-state index contributed by atoms with van der Waals surface area (Å²) < 4.78 is 1.50. The summed E-state index contributed by atoms with van der Waals surface area (Å²) in [6, 6.07) is 0. The molecule has 0 saturated heterocycles. The predicted molar refractivity (Wildman–Crippen MR) is 35.9 cm³/mol. The van der Waals surface area contributed by atoms with Gasteiger partial charge in [0.2, 0.25) is 0 Å². The Morgan fingerprint density at radius 2 is 2.30 bits per heavy atom. The van der Waals surface area contributed by atoms with E-state index >= 15 is 0 Å². The summed E-state index contributed by atoms with van der Waals surface area (Å²) in [7, 11) is 1.70. The van der Waals surface area contributed by atoms with Gasteiger partial charge in [-0.25, -0.2) is 0 Å². The Hall–Kier alpha value is -0.900. The van der Waals surface area contributed by atoms with E-state index in [2.05, 4.69) is 10.3 Å². The molecule has 1 aromatic heterocycles. The summed E-state index contributed by atoms with van der Waals surface area (Å²) in [6.45, 7) is 1.73. The van der Waals surface area contributed by atoms with Gasteiger partial charge in [0.15, 0.2) is 5.69 Å². The van der Waals surface area contributed by atoms with Gasteiger partial charge in [0.25, 0.3) is 5.24 Å². The molecule has 0 atom stereocenters. The Morgan fingerprint density at radius 1 is 1.70 bits per heavy atom. The fourth-order valence-electron chi connectivity index (χ4n) is 0.586. The molecule has 0 aliphatic carbocycles. The molecule has 0 bridgehead atoms. The number of hydrogen-bond acceptors (Lipinski definition) is 3. The van der Waals surface area contributed by atoms with Crippen LogP contribution >= 0.6 is 11.6 Å². The van der Waals surface area contributed by atoms with Crippen LogP contribution in [0.15, 0.2) is 0 Å². The third-order valence-electron chi connectivity index (χ3n) is 1.29. The standard InChI is InChI=1S/C5H6ClN3O/c1-3-4(5(6)10)7-8-9(3)2/h1-2H3. The van der Waals surface area contributed by atoms with E-state index in [0.717, 1.165) is 0 Å². The molecule has 1 aromatic rings. The molecule has 0 aliphatic rings. The molecule has 0 radical (unpaired) electrons. The van der Waals surface area contributed by atoms with Crippen LogP contribution in [0.25, 0.3) is 0 Å². The number of carbonyl (C=O) groups is 1. The van der Waals surface area contributed by atoms with Crippen molar-refractivity contribution in [3.63, 3.8) is 0 Å². The number of nitrogens with zero attached hydrogens (tertiary/aromatic N) is 3. The topological polar surface area (TPSA) is 47.8 Å². The molecule has 4 nitrogen and oxygen atoms in total. The van der Waals surface area contributed by atoms with Crippen molar-refractivity contribution < 1.29 is 4.79 Å². The molecule has 0 unspecified atom stereocenters. The number of aryl methyl sites for hydroxylation is 1. The number of aromatic nitrogens is 3. The lowest BCUT2D eigenvalue weighted by molar-refractivity contribution is 0.107. The van der Waals surface area contributed by atoms with Gasteiger partial charge in [0.1, 0.15) is 0 Å². The summed E-state index contributed by atoms with van der Waals surface area (Å²) in [5.41, 5.74) is 0.907. The quantitative estimate of drug-likeness (QED) is 0.561. The first-order chi connectivity index (χ1) is 4.63. The van der Waals surface area contributed by atoms with Gasteiger partial charge in [-0.2, -0.15) is 0 Å². The van der Waals surface area contributed by atoms with Crippen LogP contribution in [0.1, 0.15) is 16.2 Å². The van der Waals surface area contributed by atoms with Crippen molar-refractivity contribution in [1.29, 1.82) is 0 Å². The molecule has 0 aromatic carbocycles. The summed E-state index contributed by atoms with van der Waals surface area (Å²) in [5.74, 6) is 0. The summed E-state index contributed by atoms with van der Waals surface area (Å²) in [4.78, 5) is 10.5. The fraction of sp³-hybridized carbons (Fsp3) is 0.400. The summed E-state index contributed by atoms with van der Waals surface area (Å²) in [5, 5.41) is 6.58. The highest BCUT2D eigenvalue weighted by Crippen LogP contribution is 2.04. The van der Waals surface area contributed by atoms with Crippen LogP contribution in [0.4, 0.5) is 0 Å². The minimum Gasteiger partial charge on any atom is -0.274 e. The maximum atomic E-state index is 10.5. The van der Waals surface area contributed by atoms with Gasteiger partial charge < -0.3 is 0 Å². The molecule has 0 aliphatic heterocycles. The zero-order chi connectivity index (χ0) is 7.72. The maximum Gasteiger partial charge on any atom is 0.274 e. The first-order valence-electron chi connectivity index (χ1n) is 2.69. The Balaban J connectivity index is 3.17. The Morgan fingerprint density at radius 3 is 2.50 bits per heavy atom. The van der Waals surface area contributed by atoms with E-state index in [4.69, 9.17) is 11.6 Å². The van der Waals surface area contributed by atoms with Crippen LogP contribution < -0.4 is 0 Å². The van der Waals surface area contributed by atoms with E-state index in [1.165, 1.54) is 4.68 Å². The number of carbonyl (C=O) groups excluding carboxylic acids is 1. The van der Waals surface area contributed by atoms with E-state index in [-0.39, 0.29) is 5.69 Å². The van der Waals surface area contributed by atoms with Crippen LogP contribution in [-0.2, 0) is 7.05 Å². The molecular weight excluding hydrogens is 154 g/mol. The van der Waals surface area contributed by atoms with Crippen molar-refractivity contribution >= 4 is 16.8 Å². The molecule has 1 heterocycles. The molecule has 10 heavy (non-hydrogen) atoms. The normalized spacial score (nSPS) is 9.90. The zero-order valence-electron chi connectivity index (χ0n) is 5.63. The van der Waals surface area contributed by atoms with E-state index in [1.807, 2.05) is 0 Å². The van der Waals surface area contributed by atoms with Crippen LogP contribution in [-0.4, -0.2) is 20.2 Å². The first kappa shape index (κ1) is 7.21. The maximum absolute atomic E-state index is 10.5. The second kappa shape index (κ2) is 2.38. The molecule has 54 valence electrons. The number of hydrogen-bond donors (Lipinski definition) is 0. The third kappa shape index (κ3) is 1.02. The molecule has 1 rings (SSSR count). The zero-order valence-corrected chi connectivity index (χ0v) is 6.38. The van der Waals surface area contributed by atoms with Gasteiger partial charge in [0.05, 0.1) is 5.69 Å². The highest BCUT2D eigenvalue weighted by molar-refractivity contribution is 6.67. The van der Waals surface area contributed by atoms with Crippen molar-refractivity contribution in [1.82, 2.24) is 15.0 Å². The van der Waals surface area contributed by atoms with Gasteiger partial charge >= 0.3 is 0 Å². The molecule has 0 fully saturated rings. The smallest absolute Gasteiger partial charge is 0.274 e. The molecule has 0 spiro atoms. The Kier molecular flexibility index (Phi) is 1.72. The minimum absolute atomic E-state index is 0.226. The average molecular weight is 160 g/mol. The van der Waals surface area contributed by atoms with Gasteiger partial charge in [-0.05, 0) is 18.5 Å². The monoisotopic (exact) mass is 159 g/mol. The predicted octanol–water partition coefficient (Wildman–Crippen LogP) is 0.503. The molecule has 0 N–H and O–H groups in total. The second-order valence-corrected chi connectivity index (χ2v) is 2.26. The Labute approximate surface area is 62.8 Å². The van der Waals surface area contributed by atoms with Crippen LogP contribution in [0.5, 0.6) is 0 Å². The van der Waals surface area contributed by atoms with Gasteiger partial charge in [-0.15, -0.1) is 5.10 Å². The van der Waals surface area contributed by atoms with Crippen LogP contribution in [0.3, 0.4) is 0 Å². The van der Waals surface area contributed by atoms with Crippen molar-refractivity contribution in [2.75, 3.05) is 0 Å². The van der Waals surface area contributed by atoms with Crippen molar-refractivity contribution in [3.8, 4) is 0 Å². The van der Waals surface area contributed by atoms with E-state index in [0.29, 0.717) is 5.69 Å². The van der Waals surface area contributed by atoms with Crippen molar-refractivity contribution in [2.24, 2.45) is 7.05 Å². The molecule has 5 heteroatoms. The summed E-state index contributed by atoms with van der Waals surface area (Å²) in [6.07, 6.45) is 0. The SMILES string of the molecule is Cc1c(C(=O)Cl)nnn1C. The lowest BCUT2D eigenvalue weighted by Gasteiger charge is -1.89. The lowest BCUT2D eigenvalue weighted by atomic mass is 10.4. The second-order valence-electron chi connectivity index (χ2n) is 1.92. The third-order valence-corrected chi connectivity index (χ3v) is 1.47. The highest BCUT2D eigenvalue weighted by atomic mass is 35.5. The van der Waals surface area contributed by atoms with Gasteiger partial charge in [0, 0.05) is 7.05 Å². The van der Waals surface area contributed by atoms with Crippen LogP contribution in [0, 0.1) is 6.92 Å². The minimum atomic E-state index is -0.564. The van der Waals surface area contributed by atoms with Gasteiger partial charge in [-0.1, -0.05) is 5.21 Å². The molecule has 0 amide bonds. The Bertz CT molecular complexity index is 268. The molecular formula is C5H6ClN3O. The van der Waals surface area contributed by atoms with Crippen molar-refractivity contribution in [2.45, 2.75) is 6.92 Å². The highest BCUT2D eigenvalue weighted by Gasteiger charge is 2.11.